The van der Waals surface area contributed by atoms with Gasteiger partial charge in [-0.1, -0.05) is 6.92 Å². The van der Waals surface area contributed by atoms with Gasteiger partial charge in [-0.25, -0.2) is 4.98 Å². The van der Waals surface area contributed by atoms with E-state index in [0.717, 1.165) is 19.5 Å². The maximum Gasteiger partial charge on any atom is 0.224 e. The lowest BCUT2D eigenvalue weighted by Crippen LogP contribution is -2.39. The third-order valence-electron chi connectivity index (χ3n) is 3.03. The molecule has 5 heteroatoms. The van der Waals surface area contributed by atoms with Crippen LogP contribution in [0.5, 0.6) is 0 Å². The number of carbonyl (C=O) groups excluding carboxylic acids is 1. The zero-order valence-electron chi connectivity index (χ0n) is 9.67. The van der Waals surface area contributed by atoms with Crippen LogP contribution < -0.4 is 0 Å². The van der Waals surface area contributed by atoms with Crippen molar-refractivity contribution >= 4 is 5.91 Å². The van der Waals surface area contributed by atoms with E-state index in [-0.39, 0.29) is 5.91 Å². The van der Waals surface area contributed by atoms with Crippen molar-refractivity contribution in [1.82, 2.24) is 19.7 Å². The molecule has 1 fully saturated rings. The highest BCUT2D eigenvalue weighted by molar-refractivity contribution is 5.76. The molecule has 1 aliphatic rings. The number of rotatable bonds is 3. The van der Waals surface area contributed by atoms with E-state index >= 15 is 0 Å². The summed E-state index contributed by atoms with van der Waals surface area (Å²) in [6.45, 7) is 4.66. The van der Waals surface area contributed by atoms with E-state index in [1.54, 1.807) is 11.0 Å². The van der Waals surface area contributed by atoms with Gasteiger partial charge in [-0.15, -0.1) is 0 Å². The van der Waals surface area contributed by atoms with E-state index in [1.807, 2.05) is 4.90 Å². The van der Waals surface area contributed by atoms with E-state index in [4.69, 9.17) is 0 Å². The Hall–Kier alpha value is -1.39. The molecular formula is C11H18N4O. The Bertz CT molecular complexity index is 336. The highest BCUT2D eigenvalue weighted by Gasteiger charge is 2.20. The van der Waals surface area contributed by atoms with Gasteiger partial charge in [0.1, 0.15) is 12.7 Å². The summed E-state index contributed by atoms with van der Waals surface area (Å²) in [5, 5.41) is 3.98. The topological polar surface area (TPSA) is 51.0 Å². The number of nitrogens with zero attached hydrogens (tertiary/aromatic N) is 4. The van der Waals surface area contributed by atoms with E-state index in [9.17, 15) is 4.79 Å². The molecular weight excluding hydrogens is 204 g/mol. The molecule has 1 atom stereocenters. The van der Waals surface area contributed by atoms with Crippen molar-refractivity contribution in [2.75, 3.05) is 13.1 Å². The first kappa shape index (κ1) is 11.1. The molecule has 88 valence electrons. The molecule has 1 aliphatic heterocycles. The Morgan fingerprint density at radius 1 is 1.56 bits per heavy atom. The van der Waals surface area contributed by atoms with Crippen molar-refractivity contribution in [1.29, 1.82) is 0 Å². The smallest absolute Gasteiger partial charge is 0.224 e. The molecule has 16 heavy (non-hydrogen) atoms. The molecule has 5 nitrogen and oxygen atoms in total. The van der Waals surface area contributed by atoms with E-state index in [2.05, 4.69) is 17.0 Å². The fraction of sp³-hybridized carbons (Fsp3) is 0.727. The van der Waals surface area contributed by atoms with Crippen LogP contribution in [0.15, 0.2) is 12.7 Å². The quantitative estimate of drug-likeness (QED) is 0.764. The maximum absolute atomic E-state index is 11.9. The molecule has 0 spiro atoms. The van der Waals surface area contributed by atoms with Gasteiger partial charge in [-0.3, -0.25) is 9.48 Å². The number of amides is 1. The minimum atomic E-state index is 0.238. The highest BCUT2D eigenvalue weighted by Crippen LogP contribution is 2.16. The highest BCUT2D eigenvalue weighted by atomic mass is 16.2. The van der Waals surface area contributed by atoms with Crippen molar-refractivity contribution in [3.8, 4) is 0 Å². The average molecular weight is 222 g/mol. The largest absolute Gasteiger partial charge is 0.342 e. The first-order valence-electron chi connectivity index (χ1n) is 5.86. The zero-order chi connectivity index (χ0) is 11.4. The van der Waals surface area contributed by atoms with Crippen LogP contribution in [0.3, 0.4) is 0 Å². The fourth-order valence-electron chi connectivity index (χ4n) is 2.13. The lowest BCUT2D eigenvalue weighted by Gasteiger charge is -2.31. The summed E-state index contributed by atoms with van der Waals surface area (Å²) in [6.07, 6.45) is 6.04. The van der Waals surface area contributed by atoms with Gasteiger partial charge in [0, 0.05) is 19.5 Å². The van der Waals surface area contributed by atoms with Gasteiger partial charge >= 0.3 is 0 Å². The van der Waals surface area contributed by atoms with Gasteiger partial charge in [0.25, 0.3) is 0 Å². The van der Waals surface area contributed by atoms with Crippen molar-refractivity contribution < 1.29 is 4.79 Å². The molecule has 0 radical (unpaired) electrons. The van der Waals surface area contributed by atoms with Crippen LogP contribution in [0.25, 0.3) is 0 Å². The lowest BCUT2D eigenvalue weighted by molar-refractivity contribution is -0.133. The van der Waals surface area contributed by atoms with Crippen LogP contribution >= 0.6 is 0 Å². The molecule has 2 heterocycles. The Labute approximate surface area is 95.5 Å². The number of aryl methyl sites for hydroxylation is 1. The van der Waals surface area contributed by atoms with Crippen molar-refractivity contribution in [3.05, 3.63) is 12.7 Å². The molecule has 1 saturated heterocycles. The van der Waals surface area contributed by atoms with Crippen molar-refractivity contribution in [2.24, 2.45) is 5.92 Å². The van der Waals surface area contributed by atoms with Gasteiger partial charge in [0.2, 0.25) is 5.91 Å². The van der Waals surface area contributed by atoms with Gasteiger partial charge < -0.3 is 4.90 Å². The predicted molar refractivity (Wildman–Crippen MR) is 59.6 cm³/mol. The zero-order valence-corrected chi connectivity index (χ0v) is 9.67. The summed E-state index contributed by atoms with van der Waals surface area (Å²) in [5.41, 5.74) is 0. The number of aromatic nitrogens is 3. The number of carbonyl (C=O) groups is 1. The van der Waals surface area contributed by atoms with Gasteiger partial charge in [0.15, 0.2) is 0 Å². The van der Waals surface area contributed by atoms with Crippen molar-refractivity contribution in [3.63, 3.8) is 0 Å². The Balaban J connectivity index is 1.79. The summed E-state index contributed by atoms with van der Waals surface area (Å²) >= 11 is 0. The second-order valence-electron chi connectivity index (χ2n) is 4.50. The first-order valence-corrected chi connectivity index (χ1v) is 5.86. The summed E-state index contributed by atoms with van der Waals surface area (Å²) in [6, 6.07) is 0. The molecule has 0 saturated carbocycles. The molecule has 2 rings (SSSR count). The molecule has 0 aliphatic carbocycles. The Morgan fingerprint density at radius 2 is 2.44 bits per heavy atom. The monoisotopic (exact) mass is 222 g/mol. The van der Waals surface area contributed by atoms with E-state index < -0.39 is 0 Å². The molecule has 1 amide bonds. The number of hydrogen-bond donors (Lipinski definition) is 0. The summed E-state index contributed by atoms with van der Waals surface area (Å²) in [7, 11) is 0. The van der Waals surface area contributed by atoms with Crippen LogP contribution in [-0.2, 0) is 11.3 Å². The maximum atomic E-state index is 11.9. The normalized spacial score (nSPS) is 21.1. The number of piperidine rings is 1. The van der Waals surface area contributed by atoms with Crippen LogP contribution in [-0.4, -0.2) is 38.7 Å². The van der Waals surface area contributed by atoms with Crippen LogP contribution in [0.1, 0.15) is 26.2 Å². The van der Waals surface area contributed by atoms with Gasteiger partial charge in [0.05, 0.1) is 6.54 Å². The predicted octanol–water partition coefficient (Wildman–Crippen LogP) is 0.927. The Kier molecular flexibility index (Phi) is 3.54. The first-order chi connectivity index (χ1) is 7.75. The molecule has 1 aromatic heterocycles. The molecule has 0 N–H and O–H groups in total. The third kappa shape index (κ3) is 2.81. The SMILES string of the molecule is CC1CCCN(C(=O)CCn2cncn2)C1. The molecule has 1 aromatic rings. The average Bonchev–Trinajstić information content (AvgIpc) is 2.78. The fourth-order valence-corrected chi connectivity index (χ4v) is 2.13. The summed E-state index contributed by atoms with van der Waals surface area (Å²) < 4.78 is 1.70. The number of hydrogen-bond acceptors (Lipinski definition) is 3. The van der Waals surface area contributed by atoms with Crippen LogP contribution in [0.2, 0.25) is 0 Å². The van der Waals surface area contributed by atoms with Crippen LogP contribution in [0, 0.1) is 5.92 Å². The number of likely N-dealkylation sites (tertiary alicyclic amines) is 1. The van der Waals surface area contributed by atoms with Gasteiger partial charge in [-0.05, 0) is 18.8 Å². The molecule has 0 bridgehead atoms. The lowest BCUT2D eigenvalue weighted by atomic mass is 10.00. The standard InChI is InChI=1S/C11H18N4O/c1-10-3-2-5-14(7-10)11(16)4-6-15-9-12-8-13-15/h8-10H,2-7H2,1H3. The second-order valence-corrected chi connectivity index (χ2v) is 4.50. The minimum absolute atomic E-state index is 0.238. The van der Waals surface area contributed by atoms with E-state index in [0.29, 0.717) is 18.9 Å². The van der Waals surface area contributed by atoms with E-state index in [1.165, 1.54) is 12.7 Å². The van der Waals surface area contributed by atoms with Crippen LogP contribution in [0.4, 0.5) is 0 Å². The Morgan fingerprint density at radius 3 is 3.12 bits per heavy atom. The summed E-state index contributed by atoms with van der Waals surface area (Å²) in [5.74, 6) is 0.881. The molecule has 1 unspecified atom stereocenters. The van der Waals surface area contributed by atoms with Crippen molar-refractivity contribution in [2.45, 2.75) is 32.7 Å². The molecule has 0 aromatic carbocycles. The second kappa shape index (κ2) is 5.09. The van der Waals surface area contributed by atoms with Gasteiger partial charge in [-0.2, -0.15) is 5.10 Å². The summed E-state index contributed by atoms with van der Waals surface area (Å²) in [4.78, 5) is 17.7. The third-order valence-corrected chi connectivity index (χ3v) is 3.03. The minimum Gasteiger partial charge on any atom is -0.342 e.